The molecule has 1 nitrogen and oxygen atoms in total. The van der Waals surface area contributed by atoms with Crippen molar-refractivity contribution in [1.29, 1.82) is 0 Å². The predicted octanol–water partition coefficient (Wildman–Crippen LogP) is 4.10. The molecule has 15 heavy (non-hydrogen) atoms. The Bertz CT molecular complexity index is 333. The van der Waals surface area contributed by atoms with E-state index >= 15 is 0 Å². The number of hydrogen-bond donors (Lipinski definition) is 0. The molecular weight excluding hydrogens is 182 g/mol. The van der Waals surface area contributed by atoms with Gasteiger partial charge in [0.05, 0.1) is 0 Å². The molecule has 0 aliphatic heterocycles. The largest absolute Gasteiger partial charge is 0.261 e. The zero-order valence-corrected chi connectivity index (χ0v) is 10.2. The molecule has 0 atom stereocenters. The highest BCUT2D eigenvalue weighted by Gasteiger charge is 2.00. The Hall–Kier alpha value is -1.11. The molecule has 0 saturated heterocycles. The van der Waals surface area contributed by atoms with Gasteiger partial charge in [-0.05, 0) is 50.3 Å². The molecule has 82 valence electrons. The van der Waals surface area contributed by atoms with E-state index in [1.807, 2.05) is 6.20 Å². The minimum absolute atomic E-state index is 0.522. The number of pyridine rings is 1. The summed E-state index contributed by atoms with van der Waals surface area (Å²) in [6, 6.07) is 4.34. The normalized spacial score (nSPS) is 10.5. The van der Waals surface area contributed by atoms with Gasteiger partial charge in [0.1, 0.15) is 0 Å². The number of hydrogen-bond acceptors (Lipinski definition) is 1. The maximum atomic E-state index is 4.37. The zero-order chi connectivity index (χ0) is 11.3. The summed E-state index contributed by atoms with van der Waals surface area (Å²) in [5, 5.41) is 0. The molecule has 0 unspecified atom stereocenters. The molecule has 1 heterocycles. The summed E-state index contributed by atoms with van der Waals surface area (Å²) in [5.74, 6) is 0.522. The molecule has 0 bridgehead atoms. The van der Waals surface area contributed by atoms with E-state index < -0.39 is 0 Å². The van der Waals surface area contributed by atoms with Crippen LogP contribution in [0.15, 0.2) is 30.0 Å². The van der Waals surface area contributed by atoms with Gasteiger partial charge < -0.3 is 0 Å². The molecule has 0 saturated carbocycles. The van der Waals surface area contributed by atoms with E-state index in [0.717, 1.165) is 12.8 Å². The van der Waals surface area contributed by atoms with E-state index in [1.54, 1.807) is 0 Å². The van der Waals surface area contributed by atoms with E-state index in [-0.39, 0.29) is 0 Å². The third kappa shape index (κ3) is 4.28. The Morgan fingerprint density at radius 3 is 2.73 bits per heavy atom. The van der Waals surface area contributed by atoms with Gasteiger partial charge in [-0.1, -0.05) is 25.5 Å². The average molecular weight is 203 g/mol. The summed E-state index contributed by atoms with van der Waals surface area (Å²) in [6.45, 7) is 8.66. The lowest BCUT2D eigenvalue weighted by molar-refractivity contribution is 0.815. The number of aryl methyl sites for hydroxylation is 1. The fourth-order valence-corrected chi connectivity index (χ4v) is 1.49. The second-order valence-corrected chi connectivity index (χ2v) is 4.56. The van der Waals surface area contributed by atoms with E-state index in [4.69, 9.17) is 0 Å². The summed E-state index contributed by atoms with van der Waals surface area (Å²) in [5.41, 5.74) is 3.99. The van der Waals surface area contributed by atoms with Gasteiger partial charge in [0.15, 0.2) is 0 Å². The molecule has 0 amide bonds. The molecule has 1 rings (SSSR count). The highest BCUT2D eigenvalue weighted by atomic mass is 14.7. The van der Waals surface area contributed by atoms with Crippen molar-refractivity contribution in [3.05, 3.63) is 41.2 Å². The van der Waals surface area contributed by atoms with Crippen LogP contribution in [0.2, 0.25) is 0 Å². The van der Waals surface area contributed by atoms with Crippen LogP contribution in [0.25, 0.3) is 0 Å². The maximum absolute atomic E-state index is 4.37. The first-order chi connectivity index (χ1) is 7.09. The van der Waals surface area contributed by atoms with Gasteiger partial charge in [0.25, 0.3) is 0 Å². The lowest BCUT2D eigenvalue weighted by Gasteiger charge is -2.06. The number of rotatable bonds is 4. The summed E-state index contributed by atoms with van der Waals surface area (Å²) >= 11 is 0. The Labute approximate surface area is 93.2 Å². The standard InChI is InChI=1S/C14H21N/c1-11(2)6-5-7-13-8-9-15-14(10-13)12(3)4/h6,8-10,12H,5,7H2,1-4H3. The van der Waals surface area contributed by atoms with Crippen LogP contribution in [-0.4, -0.2) is 4.98 Å². The molecule has 0 aliphatic carbocycles. The molecule has 0 aromatic carbocycles. The van der Waals surface area contributed by atoms with Crippen molar-refractivity contribution in [2.45, 2.75) is 46.5 Å². The molecular formula is C14H21N. The van der Waals surface area contributed by atoms with Crippen molar-refractivity contribution < 1.29 is 0 Å². The summed E-state index contributed by atoms with van der Waals surface area (Å²) < 4.78 is 0. The van der Waals surface area contributed by atoms with Crippen LogP contribution in [0.1, 0.15) is 51.3 Å². The van der Waals surface area contributed by atoms with Crippen molar-refractivity contribution in [2.75, 3.05) is 0 Å². The summed E-state index contributed by atoms with van der Waals surface area (Å²) in [4.78, 5) is 4.37. The maximum Gasteiger partial charge on any atom is 0.0431 e. The molecule has 0 N–H and O–H groups in total. The number of aromatic nitrogens is 1. The minimum Gasteiger partial charge on any atom is -0.261 e. The predicted molar refractivity (Wildman–Crippen MR) is 66.1 cm³/mol. The van der Waals surface area contributed by atoms with E-state index in [9.17, 15) is 0 Å². The monoisotopic (exact) mass is 203 g/mol. The lowest BCUT2D eigenvalue weighted by atomic mass is 10.0. The minimum atomic E-state index is 0.522. The fraction of sp³-hybridized carbons (Fsp3) is 0.500. The van der Waals surface area contributed by atoms with E-state index in [2.05, 4.69) is 50.9 Å². The quantitative estimate of drug-likeness (QED) is 0.671. The van der Waals surface area contributed by atoms with Crippen molar-refractivity contribution in [2.24, 2.45) is 0 Å². The van der Waals surface area contributed by atoms with E-state index in [0.29, 0.717) is 5.92 Å². The van der Waals surface area contributed by atoms with Crippen molar-refractivity contribution in [3.63, 3.8) is 0 Å². The first-order valence-electron chi connectivity index (χ1n) is 5.68. The first-order valence-corrected chi connectivity index (χ1v) is 5.68. The summed E-state index contributed by atoms with van der Waals surface area (Å²) in [6.07, 6.45) is 6.46. The molecule has 1 heteroatoms. The second kappa shape index (κ2) is 5.69. The highest BCUT2D eigenvalue weighted by molar-refractivity contribution is 5.19. The number of nitrogens with zero attached hydrogens (tertiary/aromatic N) is 1. The van der Waals surface area contributed by atoms with Crippen LogP contribution >= 0.6 is 0 Å². The fourth-order valence-electron chi connectivity index (χ4n) is 1.49. The van der Waals surface area contributed by atoms with Crippen LogP contribution in [0.4, 0.5) is 0 Å². The Balaban J connectivity index is 2.62. The summed E-state index contributed by atoms with van der Waals surface area (Å²) in [7, 11) is 0. The third-order valence-corrected chi connectivity index (χ3v) is 2.42. The third-order valence-electron chi connectivity index (χ3n) is 2.42. The van der Waals surface area contributed by atoms with Crippen molar-refractivity contribution in [1.82, 2.24) is 4.98 Å². The van der Waals surface area contributed by atoms with Gasteiger partial charge in [0, 0.05) is 11.9 Å². The first kappa shape index (κ1) is 12.0. The molecule has 0 fully saturated rings. The molecule has 0 spiro atoms. The van der Waals surface area contributed by atoms with Crippen LogP contribution in [-0.2, 0) is 6.42 Å². The molecule has 1 aromatic rings. The van der Waals surface area contributed by atoms with Gasteiger partial charge in [-0.25, -0.2) is 0 Å². The Kier molecular flexibility index (Phi) is 4.54. The van der Waals surface area contributed by atoms with Gasteiger partial charge in [-0.15, -0.1) is 0 Å². The smallest absolute Gasteiger partial charge is 0.0431 e. The van der Waals surface area contributed by atoms with Gasteiger partial charge in [-0.3, -0.25) is 4.98 Å². The Morgan fingerprint density at radius 1 is 1.40 bits per heavy atom. The molecule has 0 radical (unpaired) electrons. The lowest BCUT2D eigenvalue weighted by Crippen LogP contribution is -1.94. The van der Waals surface area contributed by atoms with Crippen LogP contribution < -0.4 is 0 Å². The highest BCUT2D eigenvalue weighted by Crippen LogP contribution is 2.13. The second-order valence-electron chi connectivity index (χ2n) is 4.56. The SMILES string of the molecule is CC(C)=CCCc1ccnc(C(C)C)c1. The average Bonchev–Trinajstić information content (AvgIpc) is 2.17. The number of allylic oxidation sites excluding steroid dienone is 2. The molecule has 0 aliphatic rings. The van der Waals surface area contributed by atoms with Crippen LogP contribution in [0.5, 0.6) is 0 Å². The zero-order valence-electron chi connectivity index (χ0n) is 10.2. The topological polar surface area (TPSA) is 12.9 Å². The van der Waals surface area contributed by atoms with E-state index in [1.165, 1.54) is 16.8 Å². The Morgan fingerprint density at radius 2 is 2.13 bits per heavy atom. The van der Waals surface area contributed by atoms with Gasteiger partial charge in [-0.2, -0.15) is 0 Å². The van der Waals surface area contributed by atoms with Crippen LogP contribution in [0.3, 0.4) is 0 Å². The molecule has 1 aromatic heterocycles. The van der Waals surface area contributed by atoms with Crippen molar-refractivity contribution >= 4 is 0 Å². The van der Waals surface area contributed by atoms with Crippen LogP contribution in [0, 0.1) is 0 Å². The van der Waals surface area contributed by atoms with Gasteiger partial charge in [0.2, 0.25) is 0 Å². The van der Waals surface area contributed by atoms with Crippen molar-refractivity contribution in [3.8, 4) is 0 Å². The van der Waals surface area contributed by atoms with Gasteiger partial charge >= 0.3 is 0 Å².